The summed E-state index contributed by atoms with van der Waals surface area (Å²) in [5.41, 5.74) is -1.37. The van der Waals surface area contributed by atoms with Gasteiger partial charge in [0, 0.05) is 23.6 Å². The van der Waals surface area contributed by atoms with Gasteiger partial charge in [-0.15, -0.1) is 0 Å². The molecule has 0 aromatic heterocycles. The van der Waals surface area contributed by atoms with Crippen molar-refractivity contribution in [2.75, 3.05) is 13.1 Å². The number of benzene rings is 2. The number of alkyl halides is 1. The van der Waals surface area contributed by atoms with Crippen LogP contribution < -0.4 is 4.74 Å². The molecule has 0 radical (unpaired) electrons. The predicted octanol–water partition coefficient (Wildman–Crippen LogP) is 3.56. The minimum absolute atomic E-state index is 0.0421. The molecule has 1 aliphatic rings. The van der Waals surface area contributed by atoms with Crippen molar-refractivity contribution in [3.05, 3.63) is 64.7 Å². The molecule has 0 bridgehead atoms. The minimum Gasteiger partial charge on any atom is -0.488 e. The summed E-state index contributed by atoms with van der Waals surface area (Å²) in [4.78, 5) is 25.0. The van der Waals surface area contributed by atoms with Crippen LogP contribution in [0.25, 0.3) is 0 Å². The first-order valence-corrected chi connectivity index (χ1v) is 8.45. The number of carbonyl (C=O) groups is 2. The smallest absolute Gasteiger partial charge is 0.343 e. The molecule has 1 N–H and O–H groups in total. The van der Waals surface area contributed by atoms with Gasteiger partial charge in [0.25, 0.3) is 5.91 Å². The van der Waals surface area contributed by atoms with Crippen LogP contribution in [-0.2, 0) is 11.4 Å². The molecule has 26 heavy (non-hydrogen) atoms. The molecule has 1 heterocycles. The first-order chi connectivity index (χ1) is 12.4. The minimum atomic E-state index is -2.40. The van der Waals surface area contributed by atoms with E-state index in [0.29, 0.717) is 10.8 Å². The molecule has 1 unspecified atom stereocenters. The molecule has 0 saturated carbocycles. The van der Waals surface area contributed by atoms with Crippen molar-refractivity contribution in [3.63, 3.8) is 0 Å². The van der Waals surface area contributed by atoms with E-state index in [2.05, 4.69) is 0 Å². The fourth-order valence-corrected chi connectivity index (χ4v) is 3.02. The van der Waals surface area contributed by atoms with Crippen LogP contribution in [0.2, 0.25) is 5.02 Å². The number of hydrogen-bond acceptors (Lipinski definition) is 3. The van der Waals surface area contributed by atoms with Gasteiger partial charge in [0.1, 0.15) is 12.4 Å². The number of likely N-dealkylation sites (tertiary alicyclic amines) is 1. The average Bonchev–Trinajstić information content (AvgIpc) is 3.04. The fourth-order valence-electron chi connectivity index (χ4n) is 2.83. The van der Waals surface area contributed by atoms with Gasteiger partial charge >= 0.3 is 5.97 Å². The fraction of sp³-hybridized carbons (Fsp3) is 0.263. The Morgan fingerprint density at radius 2 is 1.88 bits per heavy atom. The normalized spacial score (nSPS) is 19.4. The van der Waals surface area contributed by atoms with Crippen LogP contribution in [0.3, 0.4) is 0 Å². The number of amides is 1. The van der Waals surface area contributed by atoms with Crippen LogP contribution in [0, 0.1) is 0 Å². The van der Waals surface area contributed by atoms with Crippen molar-refractivity contribution in [1.82, 2.24) is 4.90 Å². The van der Waals surface area contributed by atoms with E-state index in [9.17, 15) is 14.0 Å². The maximum atomic E-state index is 14.2. The van der Waals surface area contributed by atoms with Gasteiger partial charge in [0.2, 0.25) is 5.67 Å². The van der Waals surface area contributed by atoms with E-state index in [1.54, 1.807) is 30.3 Å². The first-order valence-electron chi connectivity index (χ1n) is 8.07. The van der Waals surface area contributed by atoms with Crippen LogP contribution in [0.1, 0.15) is 22.3 Å². The monoisotopic (exact) mass is 377 g/mol. The van der Waals surface area contributed by atoms with Crippen molar-refractivity contribution in [2.45, 2.75) is 18.7 Å². The maximum Gasteiger partial charge on any atom is 0.343 e. The zero-order chi connectivity index (χ0) is 18.7. The van der Waals surface area contributed by atoms with E-state index < -0.39 is 24.1 Å². The highest BCUT2D eigenvalue weighted by molar-refractivity contribution is 6.31. The van der Waals surface area contributed by atoms with Crippen molar-refractivity contribution in [1.29, 1.82) is 0 Å². The van der Waals surface area contributed by atoms with Gasteiger partial charge in [-0.05, 0) is 18.2 Å². The molecule has 5 nitrogen and oxygen atoms in total. The molecule has 1 atom stereocenters. The van der Waals surface area contributed by atoms with Gasteiger partial charge in [0.15, 0.2) is 0 Å². The van der Waals surface area contributed by atoms with Gasteiger partial charge in [-0.2, -0.15) is 0 Å². The number of carboxylic acid groups (broad SMARTS) is 1. The van der Waals surface area contributed by atoms with Crippen molar-refractivity contribution < 1.29 is 23.8 Å². The molecule has 1 amide bonds. The van der Waals surface area contributed by atoms with E-state index >= 15 is 0 Å². The summed E-state index contributed by atoms with van der Waals surface area (Å²) in [6, 6.07) is 13.8. The highest BCUT2D eigenvalue weighted by atomic mass is 35.5. The maximum absolute atomic E-state index is 14.2. The number of nitrogens with zero attached hydrogens (tertiary/aromatic N) is 1. The van der Waals surface area contributed by atoms with Gasteiger partial charge in [-0.1, -0.05) is 41.9 Å². The number of rotatable bonds is 5. The van der Waals surface area contributed by atoms with Crippen LogP contribution in [-0.4, -0.2) is 40.6 Å². The van der Waals surface area contributed by atoms with E-state index in [1.165, 1.54) is 4.90 Å². The summed E-state index contributed by atoms with van der Waals surface area (Å²) >= 11 is 6.11. The number of carboxylic acids is 1. The van der Waals surface area contributed by atoms with Gasteiger partial charge < -0.3 is 14.7 Å². The Balaban J connectivity index is 1.76. The van der Waals surface area contributed by atoms with E-state index in [-0.39, 0.29) is 25.1 Å². The third kappa shape index (κ3) is 3.65. The zero-order valence-corrected chi connectivity index (χ0v) is 14.6. The number of carbonyl (C=O) groups excluding carboxylic acids is 1. The zero-order valence-electron chi connectivity index (χ0n) is 13.8. The third-order valence-electron chi connectivity index (χ3n) is 4.35. The second-order valence-electron chi connectivity index (χ2n) is 6.12. The molecule has 3 rings (SSSR count). The van der Waals surface area contributed by atoms with Crippen LogP contribution in [0.5, 0.6) is 5.75 Å². The third-order valence-corrected chi connectivity index (χ3v) is 4.72. The van der Waals surface area contributed by atoms with E-state index in [0.717, 1.165) is 5.56 Å². The molecule has 1 saturated heterocycles. The first kappa shape index (κ1) is 18.2. The molecule has 136 valence electrons. The largest absolute Gasteiger partial charge is 0.488 e. The van der Waals surface area contributed by atoms with Crippen molar-refractivity contribution in [3.8, 4) is 5.75 Å². The topological polar surface area (TPSA) is 66.8 Å². The Kier molecular flexibility index (Phi) is 5.13. The average molecular weight is 378 g/mol. The summed E-state index contributed by atoms with van der Waals surface area (Å²) in [5.74, 6) is -1.67. The number of hydrogen-bond donors (Lipinski definition) is 1. The standard InChI is InChI=1S/C19H17ClFNO4/c20-15-7-3-1-5-13(15)11-26-16-8-4-2-6-14(16)17(23)22-10-9-19(21,12-22)18(24)25/h1-8H,9-12H2,(H,24,25). The Bertz CT molecular complexity index is 844. The number of ether oxygens (including phenoxy) is 1. The number of halogens is 2. The second kappa shape index (κ2) is 7.33. The predicted molar refractivity (Wildman–Crippen MR) is 94.2 cm³/mol. The quantitative estimate of drug-likeness (QED) is 0.865. The second-order valence-corrected chi connectivity index (χ2v) is 6.53. The van der Waals surface area contributed by atoms with Crippen molar-refractivity contribution in [2.24, 2.45) is 0 Å². The lowest BCUT2D eigenvalue weighted by atomic mass is 10.1. The summed E-state index contributed by atoms with van der Waals surface area (Å²) in [6.07, 6.45) is -0.225. The summed E-state index contributed by atoms with van der Waals surface area (Å²) in [5, 5.41) is 9.54. The highest BCUT2D eigenvalue weighted by Gasteiger charge is 2.47. The van der Waals surface area contributed by atoms with E-state index in [1.807, 2.05) is 18.2 Å². The van der Waals surface area contributed by atoms with Crippen molar-refractivity contribution >= 4 is 23.5 Å². The van der Waals surface area contributed by atoms with Gasteiger partial charge in [-0.3, -0.25) is 4.79 Å². The summed E-state index contributed by atoms with van der Waals surface area (Å²) in [6.45, 7) is -0.257. The molecule has 1 aliphatic heterocycles. The SMILES string of the molecule is O=C(c1ccccc1OCc1ccccc1Cl)N1CCC(F)(C(=O)O)C1. The summed E-state index contributed by atoms with van der Waals surface area (Å²) < 4.78 is 20.0. The lowest BCUT2D eigenvalue weighted by Crippen LogP contribution is -2.39. The Morgan fingerprint density at radius 1 is 1.19 bits per heavy atom. The molecular formula is C19H17ClFNO4. The molecular weight excluding hydrogens is 361 g/mol. The Hall–Kier alpha value is -2.60. The Morgan fingerprint density at radius 3 is 2.58 bits per heavy atom. The van der Waals surface area contributed by atoms with Crippen LogP contribution in [0.15, 0.2) is 48.5 Å². The van der Waals surface area contributed by atoms with Crippen LogP contribution >= 0.6 is 11.6 Å². The molecule has 7 heteroatoms. The Labute approximate surface area is 154 Å². The highest BCUT2D eigenvalue weighted by Crippen LogP contribution is 2.29. The summed E-state index contributed by atoms with van der Waals surface area (Å²) in [7, 11) is 0. The number of para-hydroxylation sites is 1. The lowest BCUT2D eigenvalue weighted by Gasteiger charge is -2.19. The molecule has 2 aromatic rings. The number of aliphatic carboxylic acids is 1. The molecule has 2 aromatic carbocycles. The van der Waals surface area contributed by atoms with Gasteiger partial charge in [0.05, 0.1) is 12.1 Å². The molecule has 0 aliphatic carbocycles. The molecule has 1 fully saturated rings. The lowest BCUT2D eigenvalue weighted by molar-refractivity contribution is -0.149. The van der Waals surface area contributed by atoms with Crippen LogP contribution in [0.4, 0.5) is 4.39 Å². The van der Waals surface area contributed by atoms with E-state index in [4.69, 9.17) is 21.4 Å². The molecule has 0 spiro atoms. The van der Waals surface area contributed by atoms with Gasteiger partial charge in [-0.25, -0.2) is 9.18 Å².